The second kappa shape index (κ2) is 6.33. The molecule has 4 rings (SSSR count). The number of fused-ring (bicyclic) bond motifs is 2. The standard InChI is InChI=1S/C16H15ClN2O3S3/c1-16(7-23-15-18-8-5-3-4-6-9(8)24-15)11(14(21)22-2)19-12(20)10(17)13(19)25-16/h3-6,10-11,13H,7H2,1-2H3/t10-,11-,13+,16-/m0/s1. The molecule has 9 heteroatoms. The topological polar surface area (TPSA) is 59.5 Å². The van der Waals surface area contributed by atoms with Crippen LogP contribution in [0.2, 0.25) is 0 Å². The summed E-state index contributed by atoms with van der Waals surface area (Å²) < 4.78 is 6.57. The number of aromatic nitrogens is 1. The third kappa shape index (κ3) is 2.74. The van der Waals surface area contributed by atoms with Crippen molar-refractivity contribution in [1.29, 1.82) is 0 Å². The van der Waals surface area contributed by atoms with Gasteiger partial charge in [0.15, 0.2) is 4.34 Å². The van der Waals surface area contributed by atoms with Crippen LogP contribution in [0.5, 0.6) is 0 Å². The number of thiazole rings is 1. The number of halogens is 1. The minimum atomic E-state index is -0.614. The third-order valence-electron chi connectivity index (χ3n) is 4.44. The van der Waals surface area contributed by atoms with Crippen LogP contribution in [0.15, 0.2) is 28.6 Å². The molecule has 4 atom stereocenters. The van der Waals surface area contributed by atoms with Crippen molar-refractivity contribution in [3.8, 4) is 0 Å². The van der Waals surface area contributed by atoms with Crippen LogP contribution < -0.4 is 0 Å². The molecule has 2 fully saturated rings. The maximum absolute atomic E-state index is 12.3. The highest BCUT2D eigenvalue weighted by atomic mass is 35.5. The predicted molar refractivity (Wildman–Crippen MR) is 102 cm³/mol. The van der Waals surface area contributed by atoms with Crippen molar-refractivity contribution in [3.05, 3.63) is 24.3 Å². The molecule has 2 aromatic rings. The number of carbonyl (C=O) groups excluding carboxylic acids is 2. The van der Waals surface area contributed by atoms with Gasteiger partial charge < -0.3 is 9.64 Å². The SMILES string of the molecule is COC(=O)[C@@H]1N2C(=O)[C@H](Cl)[C@H]2S[C@@]1(C)CSc1nc2ccccc2s1. The lowest BCUT2D eigenvalue weighted by Crippen LogP contribution is -2.64. The first kappa shape index (κ1) is 17.5. The van der Waals surface area contributed by atoms with Crippen LogP contribution in [0.25, 0.3) is 10.2 Å². The molecule has 5 nitrogen and oxygen atoms in total. The molecular formula is C16H15ClN2O3S3. The van der Waals surface area contributed by atoms with E-state index in [9.17, 15) is 9.59 Å². The minimum absolute atomic E-state index is 0.167. The molecule has 25 heavy (non-hydrogen) atoms. The Morgan fingerprint density at radius 2 is 2.24 bits per heavy atom. The number of ether oxygens (including phenoxy) is 1. The monoisotopic (exact) mass is 414 g/mol. The van der Waals surface area contributed by atoms with Gasteiger partial charge in [0, 0.05) is 5.75 Å². The Bertz CT molecular complexity index is 827. The molecule has 132 valence electrons. The average Bonchev–Trinajstić information content (AvgIpc) is 3.16. The Kier molecular flexibility index (Phi) is 4.42. The smallest absolute Gasteiger partial charge is 0.330 e. The van der Waals surface area contributed by atoms with Gasteiger partial charge in [-0.25, -0.2) is 9.78 Å². The Morgan fingerprint density at radius 3 is 2.96 bits per heavy atom. The van der Waals surface area contributed by atoms with E-state index in [1.165, 1.54) is 7.11 Å². The second-order valence-electron chi connectivity index (χ2n) is 6.13. The number of esters is 1. The number of amides is 1. The molecule has 2 saturated heterocycles. The zero-order chi connectivity index (χ0) is 17.8. The van der Waals surface area contributed by atoms with Gasteiger partial charge in [-0.2, -0.15) is 0 Å². The molecule has 0 aliphatic carbocycles. The Labute approximate surface area is 162 Å². The molecule has 0 unspecified atom stereocenters. The summed E-state index contributed by atoms with van der Waals surface area (Å²) in [6.07, 6.45) is 0. The number of nitrogens with zero attached hydrogens (tertiary/aromatic N) is 2. The first-order valence-electron chi connectivity index (χ1n) is 7.65. The first-order chi connectivity index (χ1) is 11.9. The van der Waals surface area contributed by atoms with Crippen molar-refractivity contribution in [3.63, 3.8) is 0 Å². The Morgan fingerprint density at radius 1 is 1.48 bits per heavy atom. The van der Waals surface area contributed by atoms with Crippen molar-refractivity contribution >= 4 is 68.6 Å². The fraction of sp³-hybridized carbons (Fsp3) is 0.438. The highest BCUT2D eigenvalue weighted by molar-refractivity contribution is 8.05. The third-order valence-corrected chi connectivity index (χ3v) is 9.36. The van der Waals surface area contributed by atoms with Crippen molar-refractivity contribution in [2.75, 3.05) is 12.9 Å². The summed E-state index contributed by atoms with van der Waals surface area (Å²) in [5, 5.41) is -0.731. The zero-order valence-corrected chi connectivity index (χ0v) is 16.7. The van der Waals surface area contributed by atoms with Crippen LogP contribution in [0.4, 0.5) is 0 Å². The molecule has 0 spiro atoms. The van der Waals surface area contributed by atoms with E-state index >= 15 is 0 Å². The van der Waals surface area contributed by atoms with Crippen LogP contribution in [-0.4, -0.2) is 56.2 Å². The molecule has 0 N–H and O–H groups in total. The van der Waals surface area contributed by atoms with Gasteiger partial charge in [0.2, 0.25) is 5.91 Å². The number of para-hydroxylation sites is 1. The van der Waals surface area contributed by atoms with Gasteiger partial charge in [0.05, 0.1) is 22.1 Å². The molecule has 2 aliphatic heterocycles. The summed E-state index contributed by atoms with van der Waals surface area (Å²) in [4.78, 5) is 30.6. The fourth-order valence-corrected chi connectivity index (χ4v) is 7.59. The average molecular weight is 415 g/mol. The first-order valence-corrected chi connectivity index (χ1v) is 10.8. The lowest BCUT2D eigenvalue weighted by Gasteiger charge is -2.40. The lowest BCUT2D eigenvalue weighted by atomic mass is 9.98. The van der Waals surface area contributed by atoms with Crippen LogP contribution in [0.3, 0.4) is 0 Å². The molecular weight excluding hydrogens is 400 g/mol. The van der Waals surface area contributed by atoms with Gasteiger partial charge in [0.1, 0.15) is 16.8 Å². The van der Waals surface area contributed by atoms with Crippen LogP contribution in [0, 0.1) is 0 Å². The van der Waals surface area contributed by atoms with Gasteiger partial charge >= 0.3 is 5.97 Å². The van der Waals surface area contributed by atoms with E-state index in [0.29, 0.717) is 5.75 Å². The summed E-state index contributed by atoms with van der Waals surface area (Å²) in [6, 6.07) is 7.38. The molecule has 0 saturated carbocycles. The van der Waals surface area contributed by atoms with E-state index < -0.39 is 16.2 Å². The number of rotatable bonds is 4. The molecule has 3 heterocycles. The predicted octanol–water partition coefficient (Wildman–Crippen LogP) is 3.21. The molecule has 1 aromatic carbocycles. The summed E-state index contributed by atoms with van der Waals surface area (Å²) in [5.41, 5.74) is 0.976. The number of benzene rings is 1. The van der Waals surface area contributed by atoms with E-state index in [1.54, 1.807) is 39.8 Å². The Balaban J connectivity index is 1.56. The van der Waals surface area contributed by atoms with Crippen LogP contribution in [-0.2, 0) is 14.3 Å². The highest BCUT2D eigenvalue weighted by Crippen LogP contribution is 2.54. The van der Waals surface area contributed by atoms with E-state index in [1.807, 2.05) is 31.2 Å². The number of thioether (sulfide) groups is 2. The molecule has 2 aliphatic rings. The number of hydrogen-bond acceptors (Lipinski definition) is 7. The molecule has 0 radical (unpaired) electrons. The Hall–Kier alpha value is -0.960. The van der Waals surface area contributed by atoms with Gasteiger partial charge in [-0.05, 0) is 19.1 Å². The van der Waals surface area contributed by atoms with Crippen molar-refractivity contribution in [1.82, 2.24) is 9.88 Å². The zero-order valence-electron chi connectivity index (χ0n) is 13.5. The summed E-state index contributed by atoms with van der Waals surface area (Å²) in [7, 11) is 1.35. The summed E-state index contributed by atoms with van der Waals surface area (Å²) >= 11 is 10.9. The maximum atomic E-state index is 12.3. The largest absolute Gasteiger partial charge is 0.467 e. The number of alkyl halides is 1. The van der Waals surface area contributed by atoms with E-state index in [-0.39, 0.29) is 17.3 Å². The van der Waals surface area contributed by atoms with E-state index in [2.05, 4.69) is 4.98 Å². The normalized spacial score (nSPS) is 31.1. The lowest BCUT2D eigenvalue weighted by molar-refractivity contribution is -0.158. The second-order valence-corrected chi connectivity index (χ2v) is 10.5. The highest BCUT2D eigenvalue weighted by Gasteiger charge is 2.65. The van der Waals surface area contributed by atoms with Gasteiger partial charge in [-0.15, -0.1) is 34.7 Å². The van der Waals surface area contributed by atoms with Crippen molar-refractivity contribution in [2.24, 2.45) is 0 Å². The number of hydrogen-bond donors (Lipinski definition) is 0. The number of β-lactam (4-membered cyclic amide) rings is 1. The molecule has 1 aromatic heterocycles. The fourth-order valence-electron chi connectivity index (χ4n) is 3.18. The van der Waals surface area contributed by atoms with Gasteiger partial charge in [0.25, 0.3) is 0 Å². The minimum Gasteiger partial charge on any atom is -0.467 e. The van der Waals surface area contributed by atoms with Crippen molar-refractivity contribution < 1.29 is 14.3 Å². The molecule has 1 amide bonds. The van der Waals surface area contributed by atoms with Crippen molar-refractivity contribution in [2.45, 2.75) is 32.8 Å². The van der Waals surface area contributed by atoms with Crippen LogP contribution >= 0.6 is 46.5 Å². The van der Waals surface area contributed by atoms with E-state index in [0.717, 1.165) is 14.6 Å². The number of carbonyl (C=O) groups is 2. The number of methoxy groups -OCH3 is 1. The summed E-state index contributed by atoms with van der Waals surface area (Å²) in [5.74, 6) is 0.0591. The van der Waals surface area contributed by atoms with Gasteiger partial charge in [-0.3, -0.25) is 4.79 Å². The van der Waals surface area contributed by atoms with Gasteiger partial charge in [-0.1, -0.05) is 23.9 Å². The molecule has 0 bridgehead atoms. The van der Waals surface area contributed by atoms with Crippen LogP contribution in [0.1, 0.15) is 6.92 Å². The van der Waals surface area contributed by atoms with E-state index in [4.69, 9.17) is 16.3 Å². The quantitative estimate of drug-likeness (QED) is 0.331. The summed E-state index contributed by atoms with van der Waals surface area (Å²) in [6.45, 7) is 1.99. The maximum Gasteiger partial charge on any atom is 0.330 e.